The van der Waals surface area contributed by atoms with E-state index in [2.05, 4.69) is 25.1 Å². The van der Waals surface area contributed by atoms with E-state index >= 15 is 0 Å². The summed E-state index contributed by atoms with van der Waals surface area (Å²) >= 11 is 7.96. The minimum Gasteiger partial charge on any atom is -0.392 e. The first kappa shape index (κ1) is 14.7. The summed E-state index contributed by atoms with van der Waals surface area (Å²) in [6.07, 6.45) is 3.27. The summed E-state index contributed by atoms with van der Waals surface area (Å²) in [6, 6.07) is 6.30. The van der Waals surface area contributed by atoms with Crippen LogP contribution in [0.2, 0.25) is 5.02 Å². The molecule has 0 fully saturated rings. The van der Waals surface area contributed by atoms with Crippen molar-refractivity contribution in [2.45, 2.75) is 26.0 Å². The van der Waals surface area contributed by atoms with Crippen LogP contribution in [-0.2, 0) is 6.61 Å². The molecule has 0 bridgehead atoms. The highest BCUT2D eigenvalue weighted by atomic mass is 35.5. The van der Waals surface area contributed by atoms with E-state index in [0.717, 1.165) is 23.4 Å². The Bertz CT molecular complexity index is 359. The fraction of sp³-hybridized carbons (Fsp3) is 0.538. The number of aliphatic hydroxyl groups is 1. The van der Waals surface area contributed by atoms with Gasteiger partial charge in [0.05, 0.1) is 6.61 Å². The Morgan fingerprint density at radius 1 is 1.47 bits per heavy atom. The third-order valence-corrected chi connectivity index (χ3v) is 4.01. The maximum absolute atomic E-state index is 9.07. The predicted octanol–water partition coefficient (Wildman–Crippen LogP) is 3.41. The smallest absolute Gasteiger partial charge is 0.0696 e. The third-order valence-electron chi connectivity index (χ3n) is 3.02. The monoisotopic (exact) mass is 273 g/mol. The molecular weight excluding hydrogens is 254 g/mol. The average Bonchev–Trinajstić information content (AvgIpc) is 2.34. The lowest BCUT2D eigenvalue weighted by molar-refractivity contribution is 0.282. The topological polar surface area (TPSA) is 23.5 Å². The van der Waals surface area contributed by atoms with Crippen molar-refractivity contribution in [2.75, 3.05) is 24.0 Å². The van der Waals surface area contributed by atoms with Crippen molar-refractivity contribution in [2.24, 2.45) is 0 Å². The molecule has 0 aliphatic rings. The molecule has 1 N–H and O–H groups in total. The van der Waals surface area contributed by atoms with Crippen molar-refractivity contribution in [3.63, 3.8) is 0 Å². The lowest BCUT2D eigenvalue weighted by atomic mass is 10.1. The molecule has 0 saturated heterocycles. The zero-order valence-electron chi connectivity index (χ0n) is 10.6. The normalized spacial score (nSPS) is 12.5. The summed E-state index contributed by atoms with van der Waals surface area (Å²) in [7, 11) is 2.08. The number of anilines is 1. The fourth-order valence-corrected chi connectivity index (χ4v) is 2.43. The molecule has 4 heteroatoms. The van der Waals surface area contributed by atoms with Gasteiger partial charge in [-0.1, -0.05) is 17.7 Å². The summed E-state index contributed by atoms with van der Waals surface area (Å²) in [5.74, 6) is 1.16. The van der Waals surface area contributed by atoms with Gasteiger partial charge in [0.25, 0.3) is 0 Å². The fourth-order valence-electron chi connectivity index (χ4n) is 1.62. The summed E-state index contributed by atoms with van der Waals surface area (Å²) in [5.41, 5.74) is 1.88. The van der Waals surface area contributed by atoms with E-state index in [-0.39, 0.29) is 6.61 Å². The summed E-state index contributed by atoms with van der Waals surface area (Å²) in [5, 5.41) is 9.71. The molecule has 96 valence electrons. The second-order valence-corrected chi connectivity index (χ2v) is 5.57. The number of nitrogens with zero attached hydrogens (tertiary/aromatic N) is 1. The van der Waals surface area contributed by atoms with E-state index in [1.807, 2.05) is 30.0 Å². The molecule has 0 aromatic heterocycles. The van der Waals surface area contributed by atoms with E-state index in [0.29, 0.717) is 11.1 Å². The maximum Gasteiger partial charge on any atom is 0.0696 e. The Kier molecular flexibility index (Phi) is 6.17. The van der Waals surface area contributed by atoms with Crippen molar-refractivity contribution >= 4 is 29.1 Å². The number of hydrogen-bond donors (Lipinski definition) is 1. The molecule has 0 heterocycles. The van der Waals surface area contributed by atoms with Gasteiger partial charge in [0.2, 0.25) is 0 Å². The summed E-state index contributed by atoms with van der Waals surface area (Å²) in [4.78, 5) is 2.23. The van der Waals surface area contributed by atoms with Crippen LogP contribution in [0.15, 0.2) is 18.2 Å². The molecule has 0 saturated carbocycles. The Balaban J connectivity index is 2.74. The molecule has 17 heavy (non-hydrogen) atoms. The van der Waals surface area contributed by atoms with Crippen molar-refractivity contribution < 1.29 is 5.11 Å². The lowest BCUT2D eigenvalue weighted by Gasteiger charge is -2.27. The van der Waals surface area contributed by atoms with Crippen LogP contribution < -0.4 is 4.90 Å². The standard InChI is InChI=1S/C13H20ClNOS/c1-10(6-7-17-3)15(2)12-5-4-11(9-16)13(14)8-12/h4-5,8,10,16H,6-7,9H2,1-3H3. The predicted molar refractivity (Wildman–Crippen MR) is 78.2 cm³/mol. The van der Waals surface area contributed by atoms with E-state index in [1.54, 1.807) is 0 Å². The van der Waals surface area contributed by atoms with Crippen LogP contribution in [0.4, 0.5) is 5.69 Å². The molecule has 0 aliphatic carbocycles. The Hall–Kier alpha value is -0.380. The Labute approximate surface area is 113 Å². The first-order valence-electron chi connectivity index (χ1n) is 5.71. The van der Waals surface area contributed by atoms with Crippen LogP contribution in [0.1, 0.15) is 18.9 Å². The molecular formula is C13H20ClNOS. The van der Waals surface area contributed by atoms with Crippen LogP contribution in [0.5, 0.6) is 0 Å². The van der Waals surface area contributed by atoms with Crippen LogP contribution in [0.25, 0.3) is 0 Å². The van der Waals surface area contributed by atoms with Gasteiger partial charge in [0.15, 0.2) is 0 Å². The number of rotatable bonds is 6. The lowest BCUT2D eigenvalue weighted by Crippen LogP contribution is -2.29. The number of halogens is 1. The third kappa shape index (κ3) is 4.09. The second-order valence-electron chi connectivity index (χ2n) is 4.18. The highest BCUT2D eigenvalue weighted by Crippen LogP contribution is 2.25. The molecule has 0 radical (unpaired) electrons. The quantitative estimate of drug-likeness (QED) is 0.859. The van der Waals surface area contributed by atoms with Crippen LogP contribution in [0.3, 0.4) is 0 Å². The van der Waals surface area contributed by atoms with E-state index in [4.69, 9.17) is 16.7 Å². The van der Waals surface area contributed by atoms with Gasteiger partial charge in [-0.15, -0.1) is 0 Å². The number of benzene rings is 1. The molecule has 0 spiro atoms. The zero-order chi connectivity index (χ0) is 12.8. The highest BCUT2D eigenvalue weighted by Gasteiger charge is 2.11. The molecule has 1 aromatic rings. The number of thioether (sulfide) groups is 1. The molecule has 1 atom stereocenters. The van der Waals surface area contributed by atoms with Crippen molar-refractivity contribution in [1.29, 1.82) is 0 Å². The first-order chi connectivity index (χ1) is 8.10. The van der Waals surface area contributed by atoms with Crippen LogP contribution >= 0.6 is 23.4 Å². The van der Waals surface area contributed by atoms with Gasteiger partial charge in [0, 0.05) is 23.8 Å². The minimum absolute atomic E-state index is 0.00907. The number of hydrogen-bond acceptors (Lipinski definition) is 3. The van der Waals surface area contributed by atoms with Gasteiger partial charge >= 0.3 is 0 Å². The average molecular weight is 274 g/mol. The SMILES string of the molecule is CSCCC(C)N(C)c1ccc(CO)c(Cl)c1. The zero-order valence-corrected chi connectivity index (χ0v) is 12.2. The highest BCUT2D eigenvalue weighted by molar-refractivity contribution is 7.98. The van der Waals surface area contributed by atoms with E-state index < -0.39 is 0 Å². The molecule has 2 nitrogen and oxygen atoms in total. The van der Waals surface area contributed by atoms with Gasteiger partial charge in [-0.3, -0.25) is 0 Å². The van der Waals surface area contributed by atoms with E-state index in [1.165, 1.54) is 0 Å². The van der Waals surface area contributed by atoms with Crippen molar-refractivity contribution in [1.82, 2.24) is 0 Å². The number of aliphatic hydroxyl groups excluding tert-OH is 1. The van der Waals surface area contributed by atoms with Gasteiger partial charge in [-0.25, -0.2) is 0 Å². The molecule has 0 aliphatic heterocycles. The van der Waals surface area contributed by atoms with Crippen molar-refractivity contribution in [3.05, 3.63) is 28.8 Å². The maximum atomic E-state index is 9.07. The molecule has 1 aromatic carbocycles. The summed E-state index contributed by atoms with van der Waals surface area (Å²) in [6.45, 7) is 2.20. The van der Waals surface area contributed by atoms with Crippen LogP contribution in [-0.4, -0.2) is 30.2 Å². The largest absolute Gasteiger partial charge is 0.392 e. The van der Waals surface area contributed by atoms with Gasteiger partial charge in [-0.05, 0) is 43.0 Å². The van der Waals surface area contributed by atoms with Crippen LogP contribution in [0, 0.1) is 0 Å². The Morgan fingerprint density at radius 2 is 2.18 bits per heavy atom. The van der Waals surface area contributed by atoms with E-state index in [9.17, 15) is 0 Å². The van der Waals surface area contributed by atoms with Gasteiger partial charge in [0.1, 0.15) is 0 Å². The molecule has 1 rings (SSSR count). The minimum atomic E-state index is -0.00907. The van der Waals surface area contributed by atoms with Crippen molar-refractivity contribution in [3.8, 4) is 0 Å². The molecule has 0 amide bonds. The second kappa shape index (κ2) is 7.14. The Morgan fingerprint density at radius 3 is 2.71 bits per heavy atom. The molecule has 1 unspecified atom stereocenters. The van der Waals surface area contributed by atoms with Gasteiger partial charge < -0.3 is 10.0 Å². The first-order valence-corrected chi connectivity index (χ1v) is 7.48. The summed E-state index contributed by atoms with van der Waals surface area (Å²) < 4.78 is 0. The van der Waals surface area contributed by atoms with Gasteiger partial charge in [-0.2, -0.15) is 11.8 Å².